The zero-order chi connectivity index (χ0) is 14.5. The van der Waals surface area contributed by atoms with Gasteiger partial charge in [-0.2, -0.15) is 0 Å². The number of carbonyl (C=O) groups excluding carboxylic acids is 1. The number of amides is 1. The van der Waals surface area contributed by atoms with Gasteiger partial charge in [0.05, 0.1) is 6.10 Å². The largest absolute Gasteiger partial charge is 0.390 e. The van der Waals surface area contributed by atoms with E-state index in [1.807, 2.05) is 42.5 Å². The molecule has 3 N–H and O–H groups in total. The third-order valence-corrected chi connectivity index (χ3v) is 3.32. The monoisotopic (exact) mass is 273 g/mol. The highest BCUT2D eigenvalue weighted by Gasteiger charge is 2.19. The number of aliphatic hydroxyl groups excluding tert-OH is 2. The van der Waals surface area contributed by atoms with E-state index < -0.39 is 12.2 Å². The molecule has 106 valence electrons. The van der Waals surface area contributed by atoms with Gasteiger partial charge in [-0.3, -0.25) is 4.79 Å². The van der Waals surface area contributed by atoms with E-state index in [9.17, 15) is 15.0 Å². The van der Waals surface area contributed by atoms with Crippen molar-refractivity contribution in [2.75, 3.05) is 6.54 Å². The van der Waals surface area contributed by atoms with Crippen molar-refractivity contribution in [2.45, 2.75) is 25.6 Å². The van der Waals surface area contributed by atoms with Crippen LogP contribution in [0, 0.1) is 0 Å². The molecule has 4 heteroatoms. The molecule has 0 saturated carbocycles. The molecular weight excluding hydrogens is 254 g/mol. The van der Waals surface area contributed by atoms with Crippen LogP contribution in [-0.4, -0.2) is 28.8 Å². The first-order valence-corrected chi connectivity index (χ1v) is 6.68. The van der Waals surface area contributed by atoms with Gasteiger partial charge in [0, 0.05) is 13.5 Å². The third kappa shape index (κ3) is 3.35. The lowest BCUT2D eigenvalue weighted by Gasteiger charge is -2.19. The Labute approximate surface area is 118 Å². The minimum atomic E-state index is -0.963. The molecule has 2 aromatic rings. The summed E-state index contributed by atoms with van der Waals surface area (Å²) in [5.74, 6) is -0.142. The standard InChI is InChI=1S/C16H19NO3/c1-11(18)17-10-9-15(19)16(20)14-8-4-6-12-5-2-3-7-13(12)14/h2-8,15-16,19-20H,9-10H2,1H3,(H,17,18). The number of hydrogen-bond acceptors (Lipinski definition) is 3. The Morgan fingerprint density at radius 1 is 1.15 bits per heavy atom. The van der Waals surface area contributed by atoms with Gasteiger partial charge in [-0.25, -0.2) is 0 Å². The SMILES string of the molecule is CC(=O)NCCC(O)C(O)c1cccc2ccccc12. The average molecular weight is 273 g/mol. The minimum Gasteiger partial charge on any atom is -0.390 e. The van der Waals surface area contributed by atoms with E-state index in [4.69, 9.17) is 0 Å². The molecule has 2 atom stereocenters. The number of hydrogen-bond donors (Lipinski definition) is 3. The van der Waals surface area contributed by atoms with Crippen LogP contribution in [-0.2, 0) is 4.79 Å². The summed E-state index contributed by atoms with van der Waals surface area (Å²) in [6.07, 6.45) is -1.56. The van der Waals surface area contributed by atoms with Crippen LogP contribution in [0.5, 0.6) is 0 Å². The minimum absolute atomic E-state index is 0.142. The van der Waals surface area contributed by atoms with Crippen LogP contribution in [0.25, 0.3) is 10.8 Å². The zero-order valence-corrected chi connectivity index (χ0v) is 11.4. The van der Waals surface area contributed by atoms with Crippen molar-refractivity contribution >= 4 is 16.7 Å². The van der Waals surface area contributed by atoms with Gasteiger partial charge in [0.15, 0.2) is 0 Å². The molecule has 0 spiro atoms. The third-order valence-electron chi connectivity index (χ3n) is 3.32. The smallest absolute Gasteiger partial charge is 0.216 e. The number of nitrogens with one attached hydrogen (secondary N) is 1. The van der Waals surface area contributed by atoms with E-state index in [1.165, 1.54) is 6.92 Å². The highest BCUT2D eigenvalue weighted by atomic mass is 16.3. The van der Waals surface area contributed by atoms with Crippen LogP contribution in [0.1, 0.15) is 25.0 Å². The topological polar surface area (TPSA) is 69.6 Å². The Morgan fingerprint density at radius 3 is 2.60 bits per heavy atom. The Hall–Kier alpha value is -1.91. The Balaban J connectivity index is 2.14. The molecule has 0 aromatic heterocycles. The molecule has 2 unspecified atom stereocenters. The van der Waals surface area contributed by atoms with Gasteiger partial charge >= 0.3 is 0 Å². The zero-order valence-electron chi connectivity index (χ0n) is 11.4. The van der Waals surface area contributed by atoms with Gasteiger partial charge in [-0.1, -0.05) is 42.5 Å². The molecule has 0 heterocycles. The van der Waals surface area contributed by atoms with Crippen molar-refractivity contribution in [3.8, 4) is 0 Å². The van der Waals surface area contributed by atoms with Crippen molar-refractivity contribution < 1.29 is 15.0 Å². The van der Waals surface area contributed by atoms with E-state index >= 15 is 0 Å². The van der Waals surface area contributed by atoms with E-state index in [2.05, 4.69) is 5.32 Å². The molecule has 20 heavy (non-hydrogen) atoms. The molecule has 0 aliphatic carbocycles. The maximum atomic E-state index is 10.8. The van der Waals surface area contributed by atoms with Gasteiger partial charge in [-0.15, -0.1) is 0 Å². The van der Waals surface area contributed by atoms with Crippen LogP contribution < -0.4 is 5.32 Å². The van der Waals surface area contributed by atoms with Crippen LogP contribution in [0.4, 0.5) is 0 Å². The van der Waals surface area contributed by atoms with Gasteiger partial charge in [0.25, 0.3) is 0 Å². The second-order valence-corrected chi connectivity index (χ2v) is 4.85. The molecule has 0 radical (unpaired) electrons. The number of rotatable bonds is 5. The van der Waals surface area contributed by atoms with Crippen LogP contribution in [0.3, 0.4) is 0 Å². The van der Waals surface area contributed by atoms with Gasteiger partial charge in [0.2, 0.25) is 5.91 Å². The fraction of sp³-hybridized carbons (Fsp3) is 0.312. The highest BCUT2D eigenvalue weighted by molar-refractivity contribution is 5.86. The van der Waals surface area contributed by atoms with E-state index in [0.717, 1.165) is 10.8 Å². The first-order valence-electron chi connectivity index (χ1n) is 6.68. The van der Waals surface area contributed by atoms with E-state index in [1.54, 1.807) is 0 Å². The van der Waals surface area contributed by atoms with E-state index in [-0.39, 0.29) is 5.91 Å². The summed E-state index contributed by atoms with van der Waals surface area (Å²) in [6, 6.07) is 13.4. The fourth-order valence-electron chi connectivity index (χ4n) is 2.27. The summed E-state index contributed by atoms with van der Waals surface area (Å²) in [7, 11) is 0. The Kier molecular flexibility index (Phi) is 4.71. The summed E-state index contributed by atoms with van der Waals surface area (Å²) in [6.45, 7) is 1.77. The molecule has 0 fully saturated rings. The van der Waals surface area contributed by atoms with Crippen molar-refractivity contribution in [1.29, 1.82) is 0 Å². The fourth-order valence-corrected chi connectivity index (χ4v) is 2.27. The summed E-state index contributed by atoms with van der Waals surface area (Å²) in [5.41, 5.74) is 0.707. The summed E-state index contributed by atoms with van der Waals surface area (Å²) < 4.78 is 0. The van der Waals surface area contributed by atoms with Crippen LogP contribution in [0.2, 0.25) is 0 Å². The molecule has 0 saturated heterocycles. The van der Waals surface area contributed by atoms with Gasteiger partial charge < -0.3 is 15.5 Å². The Bertz CT molecular complexity index is 592. The van der Waals surface area contributed by atoms with Crippen LogP contribution in [0.15, 0.2) is 42.5 Å². The number of benzene rings is 2. The lowest BCUT2D eigenvalue weighted by Crippen LogP contribution is -2.27. The molecule has 4 nitrogen and oxygen atoms in total. The van der Waals surface area contributed by atoms with Crippen molar-refractivity contribution in [2.24, 2.45) is 0 Å². The number of fused-ring (bicyclic) bond motifs is 1. The maximum absolute atomic E-state index is 10.8. The highest BCUT2D eigenvalue weighted by Crippen LogP contribution is 2.27. The van der Waals surface area contributed by atoms with Crippen molar-refractivity contribution in [3.63, 3.8) is 0 Å². The van der Waals surface area contributed by atoms with E-state index in [0.29, 0.717) is 18.5 Å². The quantitative estimate of drug-likeness (QED) is 0.777. The Morgan fingerprint density at radius 2 is 1.85 bits per heavy atom. The molecule has 2 rings (SSSR count). The van der Waals surface area contributed by atoms with Crippen molar-refractivity contribution in [3.05, 3.63) is 48.0 Å². The summed E-state index contributed by atoms with van der Waals surface area (Å²) in [4.78, 5) is 10.8. The van der Waals surface area contributed by atoms with Crippen molar-refractivity contribution in [1.82, 2.24) is 5.32 Å². The lowest BCUT2D eigenvalue weighted by atomic mass is 9.96. The first-order chi connectivity index (χ1) is 9.59. The normalized spacial score (nSPS) is 13.9. The lowest BCUT2D eigenvalue weighted by molar-refractivity contribution is -0.119. The number of carbonyl (C=O) groups is 1. The van der Waals surface area contributed by atoms with Gasteiger partial charge in [0.1, 0.15) is 6.10 Å². The molecular formula is C16H19NO3. The predicted molar refractivity (Wildman–Crippen MR) is 78.2 cm³/mol. The second kappa shape index (κ2) is 6.50. The van der Waals surface area contributed by atoms with Gasteiger partial charge in [-0.05, 0) is 22.8 Å². The molecule has 0 aliphatic heterocycles. The first kappa shape index (κ1) is 14.5. The average Bonchev–Trinajstić information content (AvgIpc) is 2.45. The molecule has 2 aromatic carbocycles. The maximum Gasteiger partial charge on any atom is 0.216 e. The molecule has 0 aliphatic rings. The summed E-state index contributed by atoms with van der Waals surface area (Å²) in [5, 5.41) is 24.9. The second-order valence-electron chi connectivity index (χ2n) is 4.85. The van der Waals surface area contributed by atoms with Crippen LogP contribution >= 0.6 is 0 Å². The molecule has 1 amide bonds. The molecule has 0 bridgehead atoms. The predicted octanol–water partition coefficient (Wildman–Crippen LogP) is 1.76. The summed E-state index contributed by atoms with van der Waals surface area (Å²) >= 11 is 0. The number of aliphatic hydroxyl groups is 2.